The second-order valence-electron chi connectivity index (χ2n) is 6.85. The molecule has 1 N–H and O–H groups in total. The molecule has 3 rings (SSSR count). The summed E-state index contributed by atoms with van der Waals surface area (Å²) in [6, 6.07) is 2.90. The maximum absolute atomic E-state index is 12.5. The number of likely N-dealkylation sites (tertiary alicyclic amines) is 1. The monoisotopic (exact) mass is 373 g/mol. The van der Waals surface area contributed by atoms with Gasteiger partial charge in [0, 0.05) is 29.5 Å². The zero-order valence-electron chi connectivity index (χ0n) is 15.7. The minimum Gasteiger partial charge on any atom is -0.496 e. The molecule has 7 nitrogen and oxygen atoms in total. The van der Waals surface area contributed by atoms with Gasteiger partial charge in [0.15, 0.2) is 0 Å². The molecule has 1 aliphatic rings. The summed E-state index contributed by atoms with van der Waals surface area (Å²) < 4.78 is 10.8. The van der Waals surface area contributed by atoms with Crippen molar-refractivity contribution in [3.63, 3.8) is 0 Å². The van der Waals surface area contributed by atoms with Crippen LogP contribution in [0.2, 0.25) is 0 Å². The number of fused-ring (bicyclic) bond motifs is 1. The molecule has 1 aromatic heterocycles. The van der Waals surface area contributed by atoms with Gasteiger partial charge in [-0.1, -0.05) is 0 Å². The van der Waals surface area contributed by atoms with Gasteiger partial charge in [-0.25, -0.2) is 9.59 Å². The molecule has 0 bridgehead atoms. The first-order chi connectivity index (χ1) is 12.8. The van der Waals surface area contributed by atoms with Crippen LogP contribution in [0.25, 0.3) is 11.0 Å². The first kappa shape index (κ1) is 18.9. The van der Waals surface area contributed by atoms with Crippen LogP contribution in [0.1, 0.15) is 36.0 Å². The van der Waals surface area contributed by atoms with Crippen LogP contribution in [-0.2, 0) is 16.0 Å². The number of carboxylic acid groups (broad SMARTS) is 1. The van der Waals surface area contributed by atoms with Gasteiger partial charge in [0.1, 0.15) is 17.4 Å². The number of aryl methyl sites for hydroxylation is 2. The van der Waals surface area contributed by atoms with Gasteiger partial charge < -0.3 is 19.2 Å². The summed E-state index contributed by atoms with van der Waals surface area (Å²) in [7, 11) is 1.56. The van der Waals surface area contributed by atoms with Gasteiger partial charge in [-0.05, 0) is 50.8 Å². The first-order valence-corrected chi connectivity index (χ1v) is 8.97. The van der Waals surface area contributed by atoms with Crippen molar-refractivity contribution in [1.29, 1.82) is 0 Å². The van der Waals surface area contributed by atoms with E-state index < -0.39 is 17.6 Å². The van der Waals surface area contributed by atoms with Gasteiger partial charge in [0.25, 0.3) is 0 Å². The number of rotatable bonds is 5. The van der Waals surface area contributed by atoms with Gasteiger partial charge in [0.05, 0.1) is 7.11 Å². The van der Waals surface area contributed by atoms with Crippen LogP contribution in [0.5, 0.6) is 5.75 Å². The quantitative estimate of drug-likeness (QED) is 0.809. The molecule has 1 aliphatic heterocycles. The van der Waals surface area contributed by atoms with Gasteiger partial charge >= 0.3 is 11.6 Å². The average molecular weight is 373 g/mol. The molecule has 0 radical (unpaired) electrons. The Kier molecular flexibility index (Phi) is 5.21. The van der Waals surface area contributed by atoms with Crippen LogP contribution in [0, 0.1) is 13.8 Å². The highest BCUT2D eigenvalue weighted by Gasteiger charge is 2.33. The van der Waals surface area contributed by atoms with Gasteiger partial charge in [-0.3, -0.25) is 4.79 Å². The number of hydrogen-bond donors (Lipinski definition) is 1. The van der Waals surface area contributed by atoms with Crippen LogP contribution in [0.4, 0.5) is 0 Å². The zero-order chi connectivity index (χ0) is 19.7. The minimum absolute atomic E-state index is 0.0794. The van der Waals surface area contributed by atoms with E-state index in [0.29, 0.717) is 36.3 Å². The first-order valence-electron chi connectivity index (χ1n) is 8.97. The molecule has 2 heterocycles. The number of methoxy groups -OCH3 is 1. The number of carbonyl (C=O) groups excluding carboxylic acids is 1. The number of ether oxygens (including phenoxy) is 1. The number of nitrogens with zero attached hydrogens (tertiary/aromatic N) is 1. The van der Waals surface area contributed by atoms with Gasteiger partial charge in [-0.2, -0.15) is 0 Å². The SMILES string of the molecule is COc1ccc2c(C)c(CCC(=O)N3CCC[C@H]3C(=O)O)c(=O)oc2c1C. The number of amides is 1. The highest BCUT2D eigenvalue weighted by Crippen LogP contribution is 2.29. The van der Waals surface area contributed by atoms with E-state index >= 15 is 0 Å². The van der Waals surface area contributed by atoms with E-state index in [1.165, 1.54) is 4.90 Å². The summed E-state index contributed by atoms with van der Waals surface area (Å²) in [5.41, 5.74) is 1.99. The Morgan fingerprint density at radius 2 is 2.04 bits per heavy atom. The van der Waals surface area contributed by atoms with Crippen molar-refractivity contribution in [2.75, 3.05) is 13.7 Å². The highest BCUT2D eigenvalue weighted by molar-refractivity contribution is 5.86. The van der Waals surface area contributed by atoms with Crippen LogP contribution in [-0.4, -0.2) is 41.6 Å². The summed E-state index contributed by atoms with van der Waals surface area (Å²) in [6.07, 6.45) is 1.45. The van der Waals surface area contributed by atoms with Crippen molar-refractivity contribution >= 4 is 22.8 Å². The lowest BCUT2D eigenvalue weighted by atomic mass is 10.00. The average Bonchev–Trinajstić information content (AvgIpc) is 3.12. The number of carboxylic acids is 1. The van der Waals surface area contributed by atoms with Crippen LogP contribution >= 0.6 is 0 Å². The van der Waals surface area contributed by atoms with Gasteiger partial charge in [-0.15, -0.1) is 0 Å². The lowest BCUT2D eigenvalue weighted by molar-refractivity contribution is -0.148. The standard InChI is InChI=1S/C20H23NO6/c1-11-13-6-8-16(26-3)12(2)18(13)27-20(25)14(11)7-9-17(22)21-10-4-5-15(21)19(23)24/h6,8,15H,4-5,7,9-10H2,1-3H3,(H,23,24)/t15-/m0/s1. The molecule has 27 heavy (non-hydrogen) atoms. The number of carbonyl (C=O) groups is 2. The third-order valence-electron chi connectivity index (χ3n) is 5.32. The maximum Gasteiger partial charge on any atom is 0.339 e. The Bertz CT molecular complexity index is 961. The Balaban J connectivity index is 1.86. The van der Waals surface area contributed by atoms with Crippen molar-refractivity contribution in [1.82, 2.24) is 4.90 Å². The highest BCUT2D eigenvalue weighted by atomic mass is 16.5. The third-order valence-corrected chi connectivity index (χ3v) is 5.32. The van der Waals surface area contributed by atoms with Crippen molar-refractivity contribution in [2.45, 2.75) is 45.6 Å². The molecule has 0 aliphatic carbocycles. The topological polar surface area (TPSA) is 97.0 Å². The van der Waals surface area contributed by atoms with E-state index in [4.69, 9.17) is 9.15 Å². The summed E-state index contributed by atoms with van der Waals surface area (Å²) in [5, 5.41) is 10.0. The molecule has 1 fully saturated rings. The molecule has 1 amide bonds. The van der Waals surface area contributed by atoms with Crippen molar-refractivity contribution in [3.8, 4) is 5.75 Å². The predicted molar refractivity (Wildman–Crippen MR) is 99.2 cm³/mol. The predicted octanol–water partition coefficient (Wildman–Crippen LogP) is 2.43. The van der Waals surface area contributed by atoms with E-state index in [1.807, 2.05) is 26.0 Å². The molecule has 0 unspecified atom stereocenters. The second-order valence-corrected chi connectivity index (χ2v) is 6.85. The van der Waals surface area contributed by atoms with E-state index in [1.54, 1.807) is 7.11 Å². The summed E-state index contributed by atoms with van der Waals surface area (Å²) >= 11 is 0. The van der Waals surface area contributed by atoms with Crippen LogP contribution in [0.3, 0.4) is 0 Å². The van der Waals surface area contributed by atoms with Crippen molar-refractivity contribution < 1.29 is 23.8 Å². The second kappa shape index (κ2) is 7.42. The van der Waals surface area contributed by atoms with E-state index in [9.17, 15) is 19.5 Å². The van der Waals surface area contributed by atoms with Crippen molar-refractivity contribution in [2.24, 2.45) is 0 Å². The Labute approximate surface area is 156 Å². The lowest BCUT2D eigenvalue weighted by Crippen LogP contribution is -2.40. The van der Waals surface area contributed by atoms with E-state index in [0.717, 1.165) is 16.5 Å². The molecule has 2 aromatic rings. The van der Waals surface area contributed by atoms with E-state index in [2.05, 4.69) is 0 Å². The maximum atomic E-state index is 12.5. The summed E-state index contributed by atoms with van der Waals surface area (Å²) in [6.45, 7) is 4.10. The molecular weight excluding hydrogens is 350 g/mol. The number of hydrogen-bond acceptors (Lipinski definition) is 5. The smallest absolute Gasteiger partial charge is 0.339 e. The van der Waals surface area contributed by atoms with Crippen LogP contribution in [0.15, 0.2) is 21.3 Å². The van der Waals surface area contributed by atoms with E-state index in [-0.39, 0.29) is 18.7 Å². The zero-order valence-corrected chi connectivity index (χ0v) is 15.7. The third kappa shape index (κ3) is 3.41. The molecule has 0 saturated carbocycles. The summed E-state index contributed by atoms with van der Waals surface area (Å²) in [5.74, 6) is -0.585. The van der Waals surface area contributed by atoms with Gasteiger partial charge in [0.2, 0.25) is 5.91 Å². The number of benzene rings is 1. The molecule has 144 valence electrons. The fourth-order valence-corrected chi connectivity index (χ4v) is 3.78. The minimum atomic E-state index is -0.980. The molecule has 0 spiro atoms. The number of aliphatic carboxylic acids is 1. The molecule has 1 saturated heterocycles. The largest absolute Gasteiger partial charge is 0.496 e. The Morgan fingerprint density at radius 3 is 2.70 bits per heavy atom. The Morgan fingerprint density at radius 1 is 1.30 bits per heavy atom. The molecule has 7 heteroatoms. The summed E-state index contributed by atoms with van der Waals surface area (Å²) in [4.78, 5) is 37.6. The molecule has 1 aromatic carbocycles. The fraction of sp³-hybridized carbons (Fsp3) is 0.450. The molecular formula is C20H23NO6. The van der Waals surface area contributed by atoms with Crippen molar-refractivity contribution in [3.05, 3.63) is 39.2 Å². The molecule has 1 atom stereocenters. The normalized spacial score (nSPS) is 16.7. The van der Waals surface area contributed by atoms with Crippen LogP contribution < -0.4 is 10.4 Å². The lowest BCUT2D eigenvalue weighted by Gasteiger charge is -2.21. The Hall–Kier alpha value is -2.83. The fourth-order valence-electron chi connectivity index (χ4n) is 3.78.